The minimum Gasteiger partial charge on any atom is -0.465 e. The predicted octanol–water partition coefficient (Wildman–Crippen LogP) is 3.27. The Morgan fingerprint density at radius 3 is 1.89 bits per heavy atom. The lowest BCUT2D eigenvalue weighted by atomic mass is 9.79. The zero-order valence-electron chi connectivity index (χ0n) is 16.2. The van der Waals surface area contributed by atoms with Crippen molar-refractivity contribution < 1.29 is 19.4 Å². The van der Waals surface area contributed by atoms with Gasteiger partial charge in [-0.25, -0.2) is 4.79 Å². The maximum absolute atomic E-state index is 11.6. The molecule has 6 heteroatoms. The number of amides is 1. The molecule has 0 fully saturated rings. The van der Waals surface area contributed by atoms with E-state index in [1.54, 1.807) is 0 Å². The van der Waals surface area contributed by atoms with E-state index in [9.17, 15) is 15.0 Å². The summed E-state index contributed by atoms with van der Waals surface area (Å²) in [5, 5.41) is 21.7. The van der Waals surface area contributed by atoms with Crippen molar-refractivity contribution in [2.75, 3.05) is 6.61 Å². The first-order valence-electron chi connectivity index (χ1n) is 9.15. The monoisotopic (exact) mass is 387 g/mol. The van der Waals surface area contributed by atoms with Gasteiger partial charge in [-0.05, 0) is 22.6 Å². The SMILES string of the molecule is CC(C)(C)[SiH2]OC(c1ccccc1)(c1ccccc1)[C@H](CCO)NC(=O)O. The van der Waals surface area contributed by atoms with Crippen molar-refractivity contribution in [1.29, 1.82) is 0 Å². The molecule has 0 aliphatic rings. The second kappa shape index (κ2) is 9.17. The number of aliphatic hydroxyl groups is 1. The van der Waals surface area contributed by atoms with Crippen molar-refractivity contribution in [3.05, 3.63) is 71.8 Å². The number of rotatable bonds is 8. The van der Waals surface area contributed by atoms with Crippen LogP contribution in [0.2, 0.25) is 5.04 Å². The zero-order chi connectivity index (χ0) is 19.9. The summed E-state index contributed by atoms with van der Waals surface area (Å²) in [5.74, 6) is 0. The Morgan fingerprint density at radius 2 is 1.52 bits per heavy atom. The smallest absolute Gasteiger partial charge is 0.405 e. The average molecular weight is 388 g/mol. The van der Waals surface area contributed by atoms with Gasteiger partial charge in [0.2, 0.25) is 0 Å². The molecule has 0 unspecified atom stereocenters. The van der Waals surface area contributed by atoms with Crippen LogP contribution in [0, 0.1) is 0 Å². The Morgan fingerprint density at radius 1 is 1.04 bits per heavy atom. The Bertz CT molecular complexity index is 676. The van der Waals surface area contributed by atoms with Crippen LogP contribution in [0.15, 0.2) is 60.7 Å². The first-order chi connectivity index (χ1) is 12.8. The lowest BCUT2D eigenvalue weighted by Gasteiger charge is -2.43. The van der Waals surface area contributed by atoms with Gasteiger partial charge in [0.05, 0.1) is 6.04 Å². The van der Waals surface area contributed by atoms with Gasteiger partial charge in [-0.3, -0.25) is 0 Å². The zero-order valence-corrected chi connectivity index (χ0v) is 17.6. The van der Waals surface area contributed by atoms with E-state index < -0.39 is 27.5 Å². The lowest BCUT2D eigenvalue weighted by molar-refractivity contribution is 0.0520. The van der Waals surface area contributed by atoms with Gasteiger partial charge < -0.3 is 20.0 Å². The molecule has 1 amide bonds. The Labute approximate surface area is 163 Å². The van der Waals surface area contributed by atoms with Crippen LogP contribution in [0.25, 0.3) is 0 Å². The van der Waals surface area contributed by atoms with E-state index in [4.69, 9.17) is 4.43 Å². The molecule has 2 aromatic carbocycles. The number of carbonyl (C=O) groups is 1. The minimum absolute atomic E-state index is 0.0157. The van der Waals surface area contributed by atoms with Crippen LogP contribution < -0.4 is 5.32 Å². The molecule has 2 rings (SSSR count). The number of carboxylic acid groups (broad SMARTS) is 1. The molecule has 0 aliphatic carbocycles. The summed E-state index contributed by atoms with van der Waals surface area (Å²) >= 11 is 0. The highest BCUT2D eigenvalue weighted by Gasteiger charge is 2.44. The minimum atomic E-state index is -1.13. The molecule has 0 aliphatic heterocycles. The molecule has 0 aromatic heterocycles. The van der Waals surface area contributed by atoms with E-state index in [1.165, 1.54) is 0 Å². The van der Waals surface area contributed by atoms with Crippen LogP contribution in [0.5, 0.6) is 0 Å². The van der Waals surface area contributed by atoms with Crippen molar-refractivity contribution in [3.8, 4) is 0 Å². The average Bonchev–Trinajstić information content (AvgIpc) is 2.63. The van der Waals surface area contributed by atoms with E-state index in [1.807, 2.05) is 60.7 Å². The summed E-state index contributed by atoms with van der Waals surface area (Å²) in [6, 6.07) is 18.7. The van der Waals surface area contributed by atoms with Crippen molar-refractivity contribution in [3.63, 3.8) is 0 Å². The van der Waals surface area contributed by atoms with Crippen molar-refractivity contribution in [1.82, 2.24) is 5.32 Å². The topological polar surface area (TPSA) is 78.8 Å². The molecule has 0 saturated heterocycles. The molecule has 0 radical (unpaired) electrons. The third kappa shape index (κ3) is 5.41. The summed E-state index contributed by atoms with van der Waals surface area (Å²) in [4.78, 5) is 11.6. The van der Waals surface area contributed by atoms with Crippen molar-refractivity contribution >= 4 is 15.9 Å². The maximum Gasteiger partial charge on any atom is 0.405 e. The molecule has 0 spiro atoms. The van der Waals surface area contributed by atoms with Gasteiger partial charge in [0.1, 0.15) is 5.60 Å². The highest BCUT2D eigenvalue weighted by molar-refractivity contribution is 6.32. The van der Waals surface area contributed by atoms with Gasteiger partial charge in [-0.15, -0.1) is 0 Å². The molecular weight excluding hydrogens is 358 g/mol. The quantitative estimate of drug-likeness (QED) is 0.608. The molecule has 1 atom stereocenters. The van der Waals surface area contributed by atoms with E-state index in [-0.39, 0.29) is 18.1 Å². The summed E-state index contributed by atoms with van der Waals surface area (Å²) in [5.41, 5.74) is 0.753. The van der Waals surface area contributed by atoms with E-state index in [2.05, 4.69) is 26.1 Å². The van der Waals surface area contributed by atoms with Crippen LogP contribution in [0.1, 0.15) is 38.3 Å². The van der Waals surface area contributed by atoms with Gasteiger partial charge >= 0.3 is 6.09 Å². The standard InChI is InChI=1S/C21H29NO4Si/c1-20(2,3)27-26-21(16-10-6-4-7-11-16,17-12-8-5-9-13-17)18(14-15-23)22-19(24)25/h4-13,18,22-23H,14-15,27H2,1-3H3,(H,24,25)/t18-/m0/s1. The lowest BCUT2D eigenvalue weighted by Crippen LogP contribution is -2.54. The molecule has 5 nitrogen and oxygen atoms in total. The molecule has 27 heavy (non-hydrogen) atoms. The first kappa shape index (κ1) is 21.2. The fraction of sp³-hybridized carbons (Fsp3) is 0.381. The highest BCUT2D eigenvalue weighted by atomic mass is 28.2. The Hall–Kier alpha value is -2.15. The second-order valence-electron chi connectivity index (χ2n) is 7.83. The van der Waals surface area contributed by atoms with Crippen LogP contribution >= 0.6 is 0 Å². The van der Waals surface area contributed by atoms with E-state index in [0.717, 1.165) is 11.1 Å². The summed E-state index contributed by atoms with van der Waals surface area (Å²) < 4.78 is 6.68. The molecule has 3 N–H and O–H groups in total. The second-order valence-corrected chi connectivity index (χ2v) is 10.5. The van der Waals surface area contributed by atoms with Gasteiger partial charge in [0.25, 0.3) is 0 Å². The molecule has 0 heterocycles. The van der Waals surface area contributed by atoms with Gasteiger partial charge in [0.15, 0.2) is 9.76 Å². The maximum atomic E-state index is 11.6. The van der Waals surface area contributed by atoms with Gasteiger partial charge in [0, 0.05) is 6.61 Å². The largest absolute Gasteiger partial charge is 0.465 e. The predicted molar refractivity (Wildman–Crippen MR) is 110 cm³/mol. The van der Waals surface area contributed by atoms with Crippen molar-refractivity contribution in [2.45, 2.75) is 43.9 Å². The fourth-order valence-electron chi connectivity index (χ4n) is 3.19. The first-order valence-corrected chi connectivity index (χ1v) is 10.4. The normalized spacial score (nSPS) is 13.6. The van der Waals surface area contributed by atoms with Crippen LogP contribution in [0.4, 0.5) is 4.79 Å². The number of aliphatic hydroxyl groups excluding tert-OH is 1. The number of nitrogens with one attached hydrogen (secondary N) is 1. The number of hydrogen-bond acceptors (Lipinski definition) is 3. The van der Waals surface area contributed by atoms with Crippen LogP contribution in [-0.2, 0) is 10.0 Å². The highest BCUT2D eigenvalue weighted by Crippen LogP contribution is 2.40. The van der Waals surface area contributed by atoms with Crippen molar-refractivity contribution in [2.24, 2.45) is 0 Å². The third-order valence-corrected chi connectivity index (χ3v) is 5.81. The fourth-order valence-corrected chi connectivity index (χ4v) is 4.39. The van der Waals surface area contributed by atoms with E-state index in [0.29, 0.717) is 0 Å². The van der Waals surface area contributed by atoms with Crippen LogP contribution in [-0.4, -0.2) is 38.7 Å². The molecule has 0 bridgehead atoms. The third-order valence-electron chi connectivity index (χ3n) is 4.34. The van der Waals surface area contributed by atoms with Gasteiger partial charge in [-0.1, -0.05) is 81.4 Å². The van der Waals surface area contributed by atoms with Crippen LogP contribution in [0.3, 0.4) is 0 Å². The number of benzene rings is 2. The molecule has 146 valence electrons. The molecule has 0 saturated carbocycles. The Balaban J connectivity index is 2.69. The molecule has 2 aromatic rings. The Kier molecular flexibility index (Phi) is 7.18. The van der Waals surface area contributed by atoms with E-state index >= 15 is 0 Å². The number of hydrogen-bond donors (Lipinski definition) is 3. The molecular formula is C21H29NO4Si. The summed E-state index contributed by atoms with van der Waals surface area (Å²) in [7, 11) is -1.05. The summed E-state index contributed by atoms with van der Waals surface area (Å²) in [6.45, 7) is 6.25. The summed E-state index contributed by atoms with van der Waals surface area (Å²) in [6.07, 6.45) is -0.889. The van der Waals surface area contributed by atoms with Gasteiger partial charge in [-0.2, -0.15) is 0 Å².